The number of amides is 2. The Morgan fingerprint density at radius 1 is 0.903 bits per heavy atom. The lowest BCUT2D eigenvalue weighted by atomic mass is 10.0. The van der Waals surface area contributed by atoms with Crippen LogP contribution < -0.4 is 0 Å². The highest BCUT2D eigenvalue weighted by molar-refractivity contribution is 7.13. The van der Waals surface area contributed by atoms with Crippen LogP contribution in [0.2, 0.25) is 5.02 Å². The van der Waals surface area contributed by atoms with Gasteiger partial charge in [-0.15, -0.1) is 11.3 Å². The number of rotatable bonds is 4. The standard InChI is InChI=1S/C24H24ClN3O2S/c1-16(2)17-3-5-19(6-4-17)23(29)27-11-13-28(14-12-27)24(30)21-15-31-22(26-21)18-7-9-20(25)10-8-18/h3-10,15-16H,11-14H2,1-2H3. The number of carbonyl (C=O) groups is 2. The van der Waals surface area contributed by atoms with Gasteiger partial charge in [0.05, 0.1) is 0 Å². The molecular weight excluding hydrogens is 430 g/mol. The molecule has 0 N–H and O–H groups in total. The second kappa shape index (κ2) is 9.20. The third-order valence-corrected chi connectivity index (χ3v) is 6.64. The van der Waals surface area contributed by atoms with E-state index in [1.54, 1.807) is 10.3 Å². The van der Waals surface area contributed by atoms with Gasteiger partial charge in [0.1, 0.15) is 10.7 Å². The summed E-state index contributed by atoms with van der Waals surface area (Å²) >= 11 is 7.38. The summed E-state index contributed by atoms with van der Waals surface area (Å²) in [5, 5.41) is 3.25. The first-order valence-corrected chi connectivity index (χ1v) is 11.6. The number of piperazine rings is 1. The van der Waals surface area contributed by atoms with E-state index >= 15 is 0 Å². The lowest BCUT2D eigenvalue weighted by molar-refractivity contribution is 0.0533. The van der Waals surface area contributed by atoms with E-state index in [-0.39, 0.29) is 11.8 Å². The van der Waals surface area contributed by atoms with Crippen LogP contribution in [0.3, 0.4) is 0 Å². The average molecular weight is 454 g/mol. The van der Waals surface area contributed by atoms with Gasteiger partial charge in [-0.25, -0.2) is 4.98 Å². The van der Waals surface area contributed by atoms with E-state index in [1.807, 2.05) is 53.4 Å². The fourth-order valence-electron chi connectivity index (χ4n) is 3.56. The normalized spacial score (nSPS) is 14.2. The van der Waals surface area contributed by atoms with Crippen LogP contribution in [0.25, 0.3) is 10.6 Å². The Kier molecular flexibility index (Phi) is 6.39. The van der Waals surface area contributed by atoms with Crippen LogP contribution in [0.4, 0.5) is 0 Å². The Morgan fingerprint density at radius 2 is 1.48 bits per heavy atom. The van der Waals surface area contributed by atoms with E-state index in [9.17, 15) is 9.59 Å². The molecule has 2 aromatic carbocycles. The van der Waals surface area contributed by atoms with E-state index in [4.69, 9.17) is 11.6 Å². The van der Waals surface area contributed by atoms with Gasteiger partial charge in [-0.1, -0.05) is 49.7 Å². The molecule has 0 saturated carbocycles. The third-order valence-electron chi connectivity index (χ3n) is 5.49. The maximum Gasteiger partial charge on any atom is 0.273 e. The molecule has 0 bridgehead atoms. The van der Waals surface area contributed by atoms with Crippen LogP contribution in [0.5, 0.6) is 0 Å². The first kappa shape index (κ1) is 21.5. The quantitative estimate of drug-likeness (QED) is 0.546. The van der Waals surface area contributed by atoms with Crippen molar-refractivity contribution in [1.82, 2.24) is 14.8 Å². The molecule has 0 atom stereocenters. The second-order valence-corrected chi connectivity index (χ2v) is 9.20. The van der Waals surface area contributed by atoms with Crippen LogP contribution in [0.1, 0.15) is 46.2 Å². The van der Waals surface area contributed by atoms with Crippen molar-refractivity contribution in [2.45, 2.75) is 19.8 Å². The van der Waals surface area contributed by atoms with Gasteiger partial charge < -0.3 is 9.80 Å². The number of aromatic nitrogens is 1. The van der Waals surface area contributed by atoms with Crippen LogP contribution >= 0.6 is 22.9 Å². The smallest absolute Gasteiger partial charge is 0.273 e. The monoisotopic (exact) mass is 453 g/mol. The van der Waals surface area contributed by atoms with E-state index < -0.39 is 0 Å². The maximum atomic E-state index is 12.9. The van der Waals surface area contributed by atoms with Crippen molar-refractivity contribution >= 4 is 34.8 Å². The van der Waals surface area contributed by atoms with Gasteiger partial charge in [-0.3, -0.25) is 9.59 Å². The molecule has 1 aliphatic rings. The van der Waals surface area contributed by atoms with Gasteiger partial charge in [0.25, 0.3) is 11.8 Å². The minimum atomic E-state index is -0.0927. The van der Waals surface area contributed by atoms with Gasteiger partial charge in [-0.05, 0) is 35.7 Å². The Bertz CT molecular complexity index is 1070. The number of nitrogens with zero attached hydrogens (tertiary/aromatic N) is 3. The molecule has 2 heterocycles. The summed E-state index contributed by atoms with van der Waals surface area (Å²) in [4.78, 5) is 33.8. The van der Waals surface area contributed by atoms with Crippen LogP contribution in [0.15, 0.2) is 53.9 Å². The Hall–Kier alpha value is -2.70. The predicted molar refractivity (Wildman–Crippen MR) is 125 cm³/mol. The summed E-state index contributed by atoms with van der Waals surface area (Å²) in [5.41, 5.74) is 3.29. The summed E-state index contributed by atoms with van der Waals surface area (Å²) in [6, 6.07) is 15.2. The minimum Gasteiger partial charge on any atom is -0.335 e. The molecule has 31 heavy (non-hydrogen) atoms. The molecule has 1 aromatic heterocycles. The predicted octanol–water partition coefficient (Wildman–Crippen LogP) is 5.19. The van der Waals surface area contributed by atoms with Gasteiger partial charge >= 0.3 is 0 Å². The van der Waals surface area contributed by atoms with Crippen molar-refractivity contribution in [3.05, 3.63) is 75.8 Å². The Balaban J connectivity index is 1.36. The van der Waals surface area contributed by atoms with Crippen LogP contribution in [0, 0.1) is 0 Å². The summed E-state index contributed by atoms with van der Waals surface area (Å²) < 4.78 is 0. The van der Waals surface area contributed by atoms with Crippen LogP contribution in [-0.2, 0) is 0 Å². The van der Waals surface area contributed by atoms with Gasteiger partial charge in [0.15, 0.2) is 0 Å². The van der Waals surface area contributed by atoms with Crippen molar-refractivity contribution in [3.8, 4) is 10.6 Å². The zero-order chi connectivity index (χ0) is 22.0. The molecule has 0 radical (unpaired) electrons. The number of thiazole rings is 1. The molecule has 160 valence electrons. The molecular formula is C24H24ClN3O2S. The zero-order valence-corrected chi connectivity index (χ0v) is 19.1. The fourth-order valence-corrected chi connectivity index (χ4v) is 4.49. The summed E-state index contributed by atoms with van der Waals surface area (Å²) in [6.45, 7) is 6.31. The van der Waals surface area contributed by atoms with Crippen molar-refractivity contribution in [2.24, 2.45) is 0 Å². The molecule has 0 aliphatic carbocycles. The molecule has 3 aromatic rings. The van der Waals surface area contributed by atoms with Gasteiger partial charge in [0.2, 0.25) is 0 Å². The molecule has 0 unspecified atom stereocenters. The number of hydrogen-bond donors (Lipinski definition) is 0. The molecule has 1 saturated heterocycles. The van der Waals surface area contributed by atoms with Crippen molar-refractivity contribution in [3.63, 3.8) is 0 Å². The Labute approximate surface area is 191 Å². The van der Waals surface area contributed by atoms with E-state index in [1.165, 1.54) is 16.9 Å². The Morgan fingerprint density at radius 3 is 2.06 bits per heavy atom. The largest absolute Gasteiger partial charge is 0.335 e. The SMILES string of the molecule is CC(C)c1ccc(C(=O)N2CCN(C(=O)c3csc(-c4ccc(Cl)cc4)n3)CC2)cc1. The highest BCUT2D eigenvalue weighted by atomic mass is 35.5. The van der Waals surface area contributed by atoms with E-state index in [0.717, 1.165) is 10.6 Å². The minimum absolute atomic E-state index is 0.0149. The fraction of sp³-hybridized carbons (Fsp3) is 0.292. The zero-order valence-electron chi connectivity index (χ0n) is 17.5. The summed E-state index contributed by atoms with van der Waals surface area (Å²) in [6.07, 6.45) is 0. The van der Waals surface area contributed by atoms with E-state index in [2.05, 4.69) is 18.8 Å². The molecule has 4 rings (SSSR count). The number of carbonyl (C=O) groups excluding carboxylic acids is 2. The first-order valence-electron chi connectivity index (χ1n) is 10.3. The average Bonchev–Trinajstić information content (AvgIpc) is 3.29. The second-order valence-electron chi connectivity index (χ2n) is 7.91. The maximum absolute atomic E-state index is 12.9. The molecule has 1 aliphatic heterocycles. The number of benzene rings is 2. The molecule has 2 amide bonds. The van der Waals surface area contributed by atoms with Gasteiger partial charge in [0, 0.05) is 47.7 Å². The molecule has 5 nitrogen and oxygen atoms in total. The lowest BCUT2D eigenvalue weighted by Crippen LogP contribution is -2.50. The van der Waals surface area contributed by atoms with E-state index in [0.29, 0.717) is 48.4 Å². The first-order chi connectivity index (χ1) is 14.9. The highest BCUT2D eigenvalue weighted by Gasteiger charge is 2.26. The molecule has 7 heteroatoms. The molecule has 0 spiro atoms. The number of halogens is 1. The number of hydrogen-bond acceptors (Lipinski definition) is 4. The topological polar surface area (TPSA) is 53.5 Å². The van der Waals surface area contributed by atoms with Crippen molar-refractivity contribution < 1.29 is 9.59 Å². The third kappa shape index (κ3) is 4.81. The molecule has 1 fully saturated rings. The van der Waals surface area contributed by atoms with Crippen molar-refractivity contribution in [1.29, 1.82) is 0 Å². The van der Waals surface area contributed by atoms with Crippen molar-refractivity contribution in [2.75, 3.05) is 26.2 Å². The summed E-state index contributed by atoms with van der Waals surface area (Å²) in [7, 11) is 0. The van der Waals surface area contributed by atoms with Gasteiger partial charge in [-0.2, -0.15) is 0 Å². The highest BCUT2D eigenvalue weighted by Crippen LogP contribution is 2.26. The lowest BCUT2D eigenvalue weighted by Gasteiger charge is -2.34. The summed E-state index contributed by atoms with van der Waals surface area (Å²) in [5.74, 6) is 0.357. The van der Waals surface area contributed by atoms with Crippen LogP contribution in [-0.4, -0.2) is 52.8 Å².